The third-order valence-corrected chi connectivity index (χ3v) is 5.35. The summed E-state index contributed by atoms with van der Waals surface area (Å²) in [4.78, 5) is 14.7. The van der Waals surface area contributed by atoms with E-state index in [1.807, 2.05) is 4.90 Å². The first kappa shape index (κ1) is 16.7. The predicted octanol–water partition coefficient (Wildman–Crippen LogP) is -0.463. The summed E-state index contributed by atoms with van der Waals surface area (Å²) in [5.41, 5.74) is 5.49. The highest BCUT2D eigenvalue weighted by atomic mass is 32.2. The highest BCUT2D eigenvalue weighted by molar-refractivity contribution is 7.87. The molecule has 1 aliphatic carbocycles. The van der Waals surface area contributed by atoms with E-state index in [1.165, 1.54) is 0 Å². The molecule has 1 saturated heterocycles. The fraction of sp³-hybridized carbons (Fsp3) is 0.923. The zero-order chi connectivity index (χ0) is 15.5. The van der Waals surface area contributed by atoms with Crippen molar-refractivity contribution < 1.29 is 13.2 Å². The molecule has 0 aromatic heterocycles. The van der Waals surface area contributed by atoms with Gasteiger partial charge in [0.05, 0.1) is 5.41 Å². The number of carbonyl (C=O) groups is 1. The van der Waals surface area contributed by atoms with E-state index in [9.17, 15) is 13.2 Å². The third kappa shape index (κ3) is 4.15. The molecule has 0 aromatic carbocycles. The van der Waals surface area contributed by atoms with Gasteiger partial charge in [-0.3, -0.25) is 4.79 Å². The van der Waals surface area contributed by atoms with E-state index >= 15 is 0 Å². The number of hydrogen-bond acceptors (Lipinski definition) is 4. The first-order valence-electron chi connectivity index (χ1n) is 7.63. The summed E-state index contributed by atoms with van der Waals surface area (Å²) in [7, 11) is -3.67. The molecule has 1 aliphatic heterocycles. The Balaban J connectivity index is 1.95. The maximum absolute atomic E-state index is 12.8. The lowest BCUT2D eigenvalue weighted by Gasteiger charge is -2.38. The molecule has 0 spiro atoms. The minimum atomic E-state index is -3.67. The van der Waals surface area contributed by atoms with Crippen LogP contribution in [0.5, 0.6) is 0 Å². The molecule has 0 bridgehead atoms. The van der Waals surface area contributed by atoms with Crippen molar-refractivity contribution in [3.63, 3.8) is 0 Å². The van der Waals surface area contributed by atoms with Crippen molar-refractivity contribution in [2.45, 2.75) is 38.5 Å². The quantitative estimate of drug-likeness (QED) is 0.635. The van der Waals surface area contributed by atoms with Crippen LogP contribution in [0, 0.1) is 11.3 Å². The minimum absolute atomic E-state index is 0.122. The van der Waals surface area contributed by atoms with Gasteiger partial charge in [-0.2, -0.15) is 8.42 Å². The van der Waals surface area contributed by atoms with Crippen LogP contribution in [0.4, 0.5) is 0 Å². The van der Waals surface area contributed by atoms with E-state index in [1.54, 1.807) is 0 Å². The Morgan fingerprint density at radius 3 is 2.52 bits per heavy atom. The van der Waals surface area contributed by atoms with Crippen LogP contribution in [0.15, 0.2) is 0 Å². The second-order valence-corrected chi connectivity index (χ2v) is 7.72. The second-order valence-electron chi connectivity index (χ2n) is 6.34. The summed E-state index contributed by atoms with van der Waals surface area (Å²) in [5.74, 6) is 0.278. The maximum atomic E-state index is 12.8. The van der Waals surface area contributed by atoms with Crippen LogP contribution in [0.1, 0.15) is 38.5 Å². The molecule has 7 nitrogen and oxygen atoms in total. The molecule has 1 unspecified atom stereocenters. The van der Waals surface area contributed by atoms with E-state index < -0.39 is 10.2 Å². The molecule has 2 aliphatic rings. The molecule has 21 heavy (non-hydrogen) atoms. The van der Waals surface area contributed by atoms with Crippen LogP contribution in [-0.2, 0) is 15.0 Å². The standard InChI is InChI=1S/C13H26N4O3S/c14-10-13(5-1-2-6-13)12(18)17-7-3-4-11(9-17)8-16-21(15,19)20/h11,16H,1-10,14H2,(H2,15,19,20). The molecule has 1 heterocycles. The van der Waals surface area contributed by atoms with E-state index in [-0.39, 0.29) is 23.8 Å². The first-order valence-corrected chi connectivity index (χ1v) is 9.18. The van der Waals surface area contributed by atoms with Crippen LogP contribution in [0.2, 0.25) is 0 Å². The number of nitrogens with zero attached hydrogens (tertiary/aromatic N) is 1. The molecule has 0 radical (unpaired) electrons. The Morgan fingerprint density at radius 2 is 1.95 bits per heavy atom. The summed E-state index contributed by atoms with van der Waals surface area (Å²) in [6, 6.07) is 0. The number of hydrogen-bond donors (Lipinski definition) is 3. The Bertz CT molecular complexity index is 474. The number of nitrogens with two attached hydrogens (primary N) is 2. The molecule has 0 aromatic rings. The molecule has 1 amide bonds. The van der Waals surface area contributed by atoms with E-state index in [2.05, 4.69) is 4.72 Å². The van der Waals surface area contributed by atoms with Gasteiger partial charge in [-0.1, -0.05) is 12.8 Å². The lowest BCUT2D eigenvalue weighted by molar-refractivity contribution is -0.143. The van der Waals surface area contributed by atoms with Gasteiger partial charge in [-0.05, 0) is 31.6 Å². The SMILES string of the molecule is NCC1(C(=O)N2CCCC(CNS(N)(=O)=O)C2)CCCC1. The fourth-order valence-corrected chi connectivity index (χ4v) is 4.01. The van der Waals surface area contributed by atoms with Crippen molar-refractivity contribution in [2.24, 2.45) is 22.2 Å². The number of piperidine rings is 1. The van der Waals surface area contributed by atoms with Gasteiger partial charge in [0.25, 0.3) is 10.2 Å². The highest BCUT2D eigenvalue weighted by Gasteiger charge is 2.43. The van der Waals surface area contributed by atoms with Crippen molar-refractivity contribution in [3.05, 3.63) is 0 Å². The monoisotopic (exact) mass is 318 g/mol. The normalized spacial score (nSPS) is 26.0. The molecule has 122 valence electrons. The van der Waals surface area contributed by atoms with Crippen LogP contribution in [0.25, 0.3) is 0 Å². The Kier molecular flexibility index (Phi) is 5.24. The van der Waals surface area contributed by atoms with Gasteiger partial charge < -0.3 is 10.6 Å². The molecule has 5 N–H and O–H groups in total. The largest absolute Gasteiger partial charge is 0.342 e. The molecule has 8 heteroatoms. The summed E-state index contributed by atoms with van der Waals surface area (Å²) < 4.78 is 24.3. The van der Waals surface area contributed by atoms with Gasteiger partial charge >= 0.3 is 0 Å². The minimum Gasteiger partial charge on any atom is -0.342 e. The molecular weight excluding hydrogens is 292 g/mol. The first-order chi connectivity index (χ1) is 9.86. The Morgan fingerprint density at radius 1 is 1.29 bits per heavy atom. The van der Waals surface area contributed by atoms with Crippen LogP contribution in [-0.4, -0.2) is 45.4 Å². The van der Waals surface area contributed by atoms with Crippen LogP contribution < -0.4 is 15.6 Å². The van der Waals surface area contributed by atoms with Crippen molar-refractivity contribution in [2.75, 3.05) is 26.2 Å². The highest BCUT2D eigenvalue weighted by Crippen LogP contribution is 2.39. The Labute approximate surface area is 126 Å². The molecular formula is C13H26N4O3S. The van der Waals surface area contributed by atoms with Gasteiger partial charge in [0, 0.05) is 26.2 Å². The number of carbonyl (C=O) groups excluding carboxylic acids is 1. The zero-order valence-electron chi connectivity index (χ0n) is 12.4. The van der Waals surface area contributed by atoms with Gasteiger partial charge in [-0.25, -0.2) is 9.86 Å². The third-order valence-electron chi connectivity index (χ3n) is 4.78. The molecule has 2 rings (SSSR count). The summed E-state index contributed by atoms with van der Waals surface area (Å²) in [6.07, 6.45) is 5.67. The average molecular weight is 318 g/mol. The summed E-state index contributed by atoms with van der Waals surface area (Å²) in [5, 5.41) is 4.95. The maximum Gasteiger partial charge on any atom is 0.274 e. The smallest absolute Gasteiger partial charge is 0.274 e. The van der Waals surface area contributed by atoms with E-state index in [0.29, 0.717) is 13.1 Å². The number of amides is 1. The van der Waals surface area contributed by atoms with Crippen molar-refractivity contribution >= 4 is 16.1 Å². The van der Waals surface area contributed by atoms with Crippen molar-refractivity contribution in [1.82, 2.24) is 9.62 Å². The zero-order valence-corrected chi connectivity index (χ0v) is 13.2. The molecule has 1 atom stereocenters. The Hall–Kier alpha value is -0.700. The summed E-state index contributed by atoms with van der Waals surface area (Å²) in [6.45, 7) is 2.02. The van der Waals surface area contributed by atoms with E-state index in [0.717, 1.165) is 45.1 Å². The van der Waals surface area contributed by atoms with Gasteiger partial charge in [-0.15, -0.1) is 0 Å². The summed E-state index contributed by atoms with van der Waals surface area (Å²) >= 11 is 0. The van der Waals surface area contributed by atoms with Crippen LogP contribution >= 0.6 is 0 Å². The lowest BCUT2D eigenvalue weighted by Crippen LogP contribution is -2.51. The van der Waals surface area contributed by atoms with Crippen LogP contribution in [0.3, 0.4) is 0 Å². The van der Waals surface area contributed by atoms with Gasteiger partial charge in [0.2, 0.25) is 5.91 Å². The molecule has 1 saturated carbocycles. The number of nitrogens with one attached hydrogen (secondary N) is 1. The van der Waals surface area contributed by atoms with Crippen molar-refractivity contribution in [3.8, 4) is 0 Å². The lowest BCUT2D eigenvalue weighted by atomic mass is 9.83. The number of likely N-dealkylation sites (tertiary alicyclic amines) is 1. The second kappa shape index (κ2) is 6.60. The van der Waals surface area contributed by atoms with E-state index in [4.69, 9.17) is 10.9 Å². The van der Waals surface area contributed by atoms with Gasteiger partial charge in [0.1, 0.15) is 0 Å². The fourth-order valence-electron chi connectivity index (χ4n) is 3.54. The van der Waals surface area contributed by atoms with Crippen molar-refractivity contribution in [1.29, 1.82) is 0 Å². The predicted molar refractivity (Wildman–Crippen MR) is 80.4 cm³/mol. The average Bonchev–Trinajstić information content (AvgIpc) is 2.94. The number of rotatable bonds is 5. The topological polar surface area (TPSA) is 119 Å². The molecule has 2 fully saturated rings. The van der Waals surface area contributed by atoms with Gasteiger partial charge in [0.15, 0.2) is 0 Å².